The van der Waals surface area contributed by atoms with Crippen LogP contribution in [0.2, 0.25) is 5.02 Å². The Morgan fingerprint density at radius 1 is 1.50 bits per heavy atom. The van der Waals surface area contributed by atoms with E-state index >= 15 is 0 Å². The first kappa shape index (κ1) is 10.8. The third-order valence-electron chi connectivity index (χ3n) is 2.00. The van der Waals surface area contributed by atoms with Crippen molar-refractivity contribution < 1.29 is 0 Å². The Bertz CT molecular complexity index is 464. The largest absolute Gasteiger partial charge is 0.127 e. The summed E-state index contributed by atoms with van der Waals surface area (Å²) in [6.45, 7) is 0. The minimum Gasteiger partial charge on any atom is -0.127 e. The van der Waals surface area contributed by atoms with E-state index in [1.54, 1.807) is 23.1 Å². The lowest BCUT2D eigenvalue weighted by molar-refractivity contribution is 1.47. The van der Waals surface area contributed by atoms with Crippen LogP contribution in [-0.4, -0.2) is 6.26 Å². The van der Waals surface area contributed by atoms with Crippen molar-refractivity contribution in [1.82, 2.24) is 0 Å². The van der Waals surface area contributed by atoms with Crippen LogP contribution in [0.15, 0.2) is 22.4 Å². The first-order valence-electron chi connectivity index (χ1n) is 4.07. The van der Waals surface area contributed by atoms with Crippen LogP contribution in [0, 0.1) is 0 Å². The van der Waals surface area contributed by atoms with E-state index in [0.717, 1.165) is 10.4 Å². The zero-order chi connectivity index (χ0) is 10.1. The molecule has 1 aromatic heterocycles. The van der Waals surface area contributed by atoms with E-state index < -0.39 is 0 Å². The van der Waals surface area contributed by atoms with Gasteiger partial charge in [-0.25, -0.2) is 0 Å². The number of thioether (sulfide) groups is 1. The van der Waals surface area contributed by atoms with Gasteiger partial charge in [0, 0.05) is 15.4 Å². The zero-order valence-electron chi connectivity index (χ0n) is 7.51. The summed E-state index contributed by atoms with van der Waals surface area (Å²) in [5.41, 5.74) is 1.29. The molecule has 1 heterocycles. The van der Waals surface area contributed by atoms with Crippen molar-refractivity contribution in [1.29, 1.82) is 0 Å². The smallest absolute Gasteiger partial charge is 0.0795 e. The first-order chi connectivity index (χ1) is 6.76. The summed E-state index contributed by atoms with van der Waals surface area (Å²) < 4.78 is 2.48. The Morgan fingerprint density at radius 3 is 2.93 bits per heavy atom. The summed E-state index contributed by atoms with van der Waals surface area (Å²) in [5.74, 6) is 0. The Kier molecular flexibility index (Phi) is 3.42. The van der Waals surface area contributed by atoms with Gasteiger partial charge in [0.25, 0.3) is 0 Å². The third kappa shape index (κ3) is 1.83. The van der Waals surface area contributed by atoms with Crippen LogP contribution in [0.1, 0.15) is 5.56 Å². The SMILES string of the molecule is CSc1sc2cc(CBr)ccc2c1Cl. The maximum atomic E-state index is 6.23. The van der Waals surface area contributed by atoms with Crippen LogP contribution in [-0.2, 0) is 5.33 Å². The van der Waals surface area contributed by atoms with E-state index in [1.165, 1.54) is 19.9 Å². The molecule has 0 aliphatic rings. The van der Waals surface area contributed by atoms with E-state index in [-0.39, 0.29) is 0 Å². The molecule has 0 nitrogen and oxygen atoms in total. The van der Waals surface area contributed by atoms with E-state index in [2.05, 4.69) is 40.4 Å². The number of fused-ring (bicyclic) bond motifs is 1. The van der Waals surface area contributed by atoms with Gasteiger partial charge in [-0.05, 0) is 17.9 Å². The molecule has 0 spiro atoms. The predicted molar refractivity (Wildman–Crippen MR) is 71.2 cm³/mol. The molecule has 0 atom stereocenters. The maximum Gasteiger partial charge on any atom is 0.0795 e. The highest BCUT2D eigenvalue weighted by Crippen LogP contribution is 2.40. The second kappa shape index (κ2) is 4.44. The highest BCUT2D eigenvalue weighted by molar-refractivity contribution is 9.08. The van der Waals surface area contributed by atoms with Crippen molar-refractivity contribution in [3.63, 3.8) is 0 Å². The van der Waals surface area contributed by atoms with Gasteiger partial charge in [-0.2, -0.15) is 0 Å². The molecule has 4 heteroatoms. The minimum absolute atomic E-state index is 0.896. The molecule has 1 aromatic carbocycles. The molecule has 0 saturated heterocycles. The monoisotopic (exact) mass is 306 g/mol. The normalized spacial score (nSPS) is 11.1. The van der Waals surface area contributed by atoms with Crippen molar-refractivity contribution in [3.05, 3.63) is 28.8 Å². The number of hydrogen-bond donors (Lipinski definition) is 0. The highest BCUT2D eigenvalue weighted by atomic mass is 79.9. The third-order valence-corrected chi connectivity index (χ3v) is 5.54. The van der Waals surface area contributed by atoms with Crippen molar-refractivity contribution in [2.24, 2.45) is 0 Å². The molecular weight excluding hydrogens is 300 g/mol. The van der Waals surface area contributed by atoms with Gasteiger partial charge in [0.15, 0.2) is 0 Å². The Balaban J connectivity index is 2.66. The summed E-state index contributed by atoms with van der Waals surface area (Å²) in [7, 11) is 0. The summed E-state index contributed by atoms with van der Waals surface area (Å²) in [5, 5.41) is 2.97. The standard InChI is InChI=1S/C10H8BrClS2/c1-13-10-9(12)7-3-2-6(5-11)4-8(7)14-10/h2-4H,5H2,1H3. The molecular formula is C10H8BrClS2. The quantitative estimate of drug-likeness (QED) is 0.545. The predicted octanol–water partition coefficient (Wildman–Crippen LogP) is 5.17. The fraction of sp³-hybridized carbons (Fsp3) is 0.200. The molecule has 2 rings (SSSR count). The molecule has 0 amide bonds. The first-order valence-corrected chi connectivity index (χ1v) is 7.61. The molecule has 14 heavy (non-hydrogen) atoms. The molecule has 74 valence electrons. The topological polar surface area (TPSA) is 0 Å². The van der Waals surface area contributed by atoms with Crippen LogP contribution in [0.4, 0.5) is 0 Å². The summed E-state index contributed by atoms with van der Waals surface area (Å²) in [6.07, 6.45) is 2.06. The number of halogens is 2. The van der Waals surface area contributed by atoms with E-state index in [9.17, 15) is 0 Å². The van der Waals surface area contributed by atoms with Crippen LogP contribution in [0.5, 0.6) is 0 Å². The fourth-order valence-corrected chi connectivity index (χ4v) is 4.00. The van der Waals surface area contributed by atoms with Crippen LogP contribution in [0.25, 0.3) is 10.1 Å². The van der Waals surface area contributed by atoms with Crippen LogP contribution >= 0.6 is 50.6 Å². The second-order valence-electron chi connectivity index (χ2n) is 2.87. The zero-order valence-corrected chi connectivity index (χ0v) is 11.5. The summed E-state index contributed by atoms with van der Waals surface area (Å²) in [6, 6.07) is 6.41. The molecule has 0 unspecified atom stereocenters. The van der Waals surface area contributed by atoms with Gasteiger partial charge in [0.1, 0.15) is 0 Å². The maximum absolute atomic E-state index is 6.23. The number of alkyl halides is 1. The van der Waals surface area contributed by atoms with Gasteiger partial charge in [-0.1, -0.05) is 39.7 Å². The summed E-state index contributed by atoms with van der Waals surface area (Å²) in [4.78, 5) is 0. The fourth-order valence-electron chi connectivity index (χ4n) is 1.30. The number of benzene rings is 1. The molecule has 0 saturated carbocycles. The Hall–Kier alpha value is 0.300. The molecule has 0 aliphatic carbocycles. The molecule has 0 N–H and O–H groups in total. The minimum atomic E-state index is 0.896. The highest BCUT2D eigenvalue weighted by Gasteiger charge is 2.09. The average molecular weight is 308 g/mol. The molecule has 0 bridgehead atoms. The van der Waals surface area contributed by atoms with E-state index in [1.807, 2.05) is 0 Å². The lowest BCUT2D eigenvalue weighted by Gasteiger charge is -1.94. The number of rotatable bonds is 2. The molecule has 0 aliphatic heterocycles. The van der Waals surface area contributed by atoms with Gasteiger partial charge in [0.2, 0.25) is 0 Å². The van der Waals surface area contributed by atoms with E-state index in [4.69, 9.17) is 11.6 Å². The average Bonchev–Trinajstić information content (AvgIpc) is 2.55. The van der Waals surface area contributed by atoms with Gasteiger partial charge >= 0.3 is 0 Å². The van der Waals surface area contributed by atoms with Crippen LogP contribution in [0.3, 0.4) is 0 Å². The van der Waals surface area contributed by atoms with Crippen molar-refractivity contribution >= 4 is 60.7 Å². The van der Waals surface area contributed by atoms with E-state index in [0.29, 0.717) is 0 Å². The van der Waals surface area contributed by atoms with Gasteiger partial charge in [0.05, 0.1) is 9.23 Å². The van der Waals surface area contributed by atoms with Gasteiger partial charge in [-0.3, -0.25) is 0 Å². The van der Waals surface area contributed by atoms with Gasteiger partial charge in [-0.15, -0.1) is 23.1 Å². The number of hydrogen-bond acceptors (Lipinski definition) is 2. The van der Waals surface area contributed by atoms with Crippen molar-refractivity contribution in [2.45, 2.75) is 9.54 Å². The molecule has 0 fully saturated rings. The van der Waals surface area contributed by atoms with Crippen LogP contribution < -0.4 is 0 Å². The van der Waals surface area contributed by atoms with Crippen molar-refractivity contribution in [2.75, 3.05) is 6.26 Å². The second-order valence-corrected chi connectivity index (χ2v) is 5.94. The molecule has 2 aromatic rings. The molecule has 0 radical (unpaired) electrons. The lowest BCUT2D eigenvalue weighted by Crippen LogP contribution is -1.74. The lowest BCUT2D eigenvalue weighted by atomic mass is 10.2. The number of thiophene rings is 1. The van der Waals surface area contributed by atoms with Crippen molar-refractivity contribution in [3.8, 4) is 0 Å². The van der Waals surface area contributed by atoms with Gasteiger partial charge < -0.3 is 0 Å². The summed E-state index contributed by atoms with van der Waals surface area (Å²) >= 11 is 13.2. The Morgan fingerprint density at radius 2 is 2.29 bits per heavy atom. The Labute approximate surface area is 105 Å².